The summed E-state index contributed by atoms with van der Waals surface area (Å²) in [6, 6.07) is 6.65. The lowest BCUT2D eigenvalue weighted by Gasteiger charge is -2.12. The molecule has 10 nitrogen and oxygen atoms in total. The smallest absolute Gasteiger partial charge is 0.292 e. The first-order chi connectivity index (χ1) is 16.8. The monoisotopic (exact) mass is 479 g/mol. The van der Waals surface area contributed by atoms with Gasteiger partial charge >= 0.3 is 0 Å². The van der Waals surface area contributed by atoms with E-state index in [0.29, 0.717) is 33.9 Å². The summed E-state index contributed by atoms with van der Waals surface area (Å²) in [5.74, 6) is -0.277. The fourth-order valence-electron chi connectivity index (χ4n) is 3.87. The normalized spacial score (nSPS) is 16.1. The van der Waals surface area contributed by atoms with Crippen molar-refractivity contribution in [3.05, 3.63) is 53.6 Å². The van der Waals surface area contributed by atoms with Gasteiger partial charge in [-0.3, -0.25) is 9.89 Å². The van der Waals surface area contributed by atoms with E-state index in [1.54, 1.807) is 24.4 Å². The number of nitrogens with one attached hydrogen (secondary N) is 3. The summed E-state index contributed by atoms with van der Waals surface area (Å²) in [4.78, 5) is 20.8. The van der Waals surface area contributed by atoms with Crippen LogP contribution in [0.1, 0.15) is 49.3 Å². The van der Waals surface area contributed by atoms with Crippen LogP contribution in [0, 0.1) is 5.82 Å². The molecule has 0 saturated carbocycles. The predicted octanol–water partition coefficient (Wildman–Crippen LogP) is 3.12. The van der Waals surface area contributed by atoms with E-state index in [1.807, 2.05) is 20.8 Å². The Kier molecular flexibility index (Phi) is 5.93. The Labute approximate surface area is 200 Å². The maximum absolute atomic E-state index is 15.0. The van der Waals surface area contributed by atoms with Crippen LogP contribution in [0.15, 0.2) is 35.0 Å². The largest absolute Gasteiger partial charge is 0.471 e. The fraction of sp³-hybridized carbons (Fsp3) is 0.375. The first-order valence-electron chi connectivity index (χ1n) is 11.4. The Morgan fingerprint density at radius 3 is 2.89 bits per heavy atom. The van der Waals surface area contributed by atoms with Crippen molar-refractivity contribution in [2.75, 3.05) is 13.1 Å². The van der Waals surface area contributed by atoms with Crippen LogP contribution in [0.3, 0.4) is 0 Å². The van der Waals surface area contributed by atoms with Gasteiger partial charge in [-0.05, 0) is 36.2 Å². The van der Waals surface area contributed by atoms with Gasteiger partial charge in [0.05, 0.1) is 5.39 Å². The van der Waals surface area contributed by atoms with E-state index < -0.39 is 11.7 Å². The van der Waals surface area contributed by atoms with Crippen LogP contribution < -0.4 is 15.4 Å². The minimum absolute atomic E-state index is 0.0230. The van der Waals surface area contributed by atoms with Crippen molar-refractivity contribution in [3.63, 3.8) is 0 Å². The highest BCUT2D eigenvalue weighted by Crippen LogP contribution is 2.34. The second-order valence-corrected chi connectivity index (χ2v) is 9.51. The lowest BCUT2D eigenvalue weighted by atomic mass is 9.97. The van der Waals surface area contributed by atoms with Gasteiger partial charge < -0.3 is 19.9 Å². The highest BCUT2D eigenvalue weighted by molar-refractivity contribution is 5.96. The Balaban J connectivity index is 1.34. The lowest BCUT2D eigenvalue weighted by molar-refractivity contribution is 0.0937. The van der Waals surface area contributed by atoms with Crippen LogP contribution >= 0.6 is 0 Å². The summed E-state index contributed by atoms with van der Waals surface area (Å²) in [6.45, 7) is 7.33. The molecule has 0 aliphatic carbocycles. The molecule has 1 amide bonds. The Hall–Kier alpha value is -3.86. The predicted molar refractivity (Wildman–Crippen MR) is 125 cm³/mol. The van der Waals surface area contributed by atoms with Crippen LogP contribution in [-0.2, 0) is 12.0 Å². The van der Waals surface area contributed by atoms with Gasteiger partial charge in [0.1, 0.15) is 11.9 Å². The second kappa shape index (κ2) is 9.06. The summed E-state index contributed by atoms with van der Waals surface area (Å²) in [7, 11) is 0. The van der Waals surface area contributed by atoms with Gasteiger partial charge in [-0.15, -0.1) is 5.10 Å². The first-order valence-corrected chi connectivity index (χ1v) is 11.4. The van der Waals surface area contributed by atoms with Crippen molar-refractivity contribution in [2.45, 2.75) is 45.3 Å². The molecule has 182 valence electrons. The summed E-state index contributed by atoms with van der Waals surface area (Å²) < 4.78 is 26.2. The van der Waals surface area contributed by atoms with E-state index in [1.165, 1.54) is 6.07 Å². The third kappa shape index (κ3) is 4.72. The third-order valence-electron chi connectivity index (χ3n) is 5.80. The summed E-state index contributed by atoms with van der Waals surface area (Å²) >= 11 is 0. The van der Waals surface area contributed by atoms with Gasteiger partial charge in [0, 0.05) is 30.3 Å². The molecule has 5 rings (SSSR count). The number of rotatable bonds is 6. The van der Waals surface area contributed by atoms with Crippen LogP contribution in [0.2, 0.25) is 0 Å². The first kappa shape index (κ1) is 22.9. The number of carbonyl (C=O) groups excluding carboxylic acids is 1. The third-order valence-corrected chi connectivity index (χ3v) is 5.80. The Bertz CT molecular complexity index is 1370. The number of hydrogen-bond acceptors (Lipinski definition) is 8. The molecule has 4 aromatic rings. The van der Waals surface area contributed by atoms with Crippen molar-refractivity contribution in [3.8, 4) is 17.0 Å². The molecule has 1 atom stereocenters. The number of amides is 1. The molecule has 0 spiro atoms. The molecule has 3 aromatic heterocycles. The van der Waals surface area contributed by atoms with Crippen molar-refractivity contribution in [1.82, 2.24) is 36.0 Å². The van der Waals surface area contributed by atoms with Gasteiger partial charge in [-0.1, -0.05) is 38.1 Å². The van der Waals surface area contributed by atoms with Gasteiger partial charge in [-0.2, -0.15) is 4.98 Å². The van der Waals surface area contributed by atoms with E-state index >= 15 is 4.39 Å². The maximum atomic E-state index is 15.0. The quantitative estimate of drug-likeness (QED) is 0.385. The van der Waals surface area contributed by atoms with E-state index in [0.717, 1.165) is 25.1 Å². The highest BCUT2D eigenvalue weighted by atomic mass is 19.1. The zero-order chi connectivity index (χ0) is 24.6. The highest BCUT2D eigenvalue weighted by Gasteiger charge is 2.24. The van der Waals surface area contributed by atoms with Gasteiger partial charge in [0.15, 0.2) is 5.65 Å². The summed E-state index contributed by atoms with van der Waals surface area (Å²) in [6.07, 6.45) is 2.55. The number of nitrogens with zero attached hydrogens (tertiary/aromatic N) is 4. The molecular weight excluding hydrogens is 453 g/mol. The molecule has 1 fully saturated rings. The molecule has 1 aromatic carbocycles. The minimum Gasteiger partial charge on any atom is -0.471 e. The van der Waals surface area contributed by atoms with Gasteiger partial charge in [0.25, 0.3) is 11.7 Å². The molecule has 1 aliphatic rings. The number of aromatic nitrogens is 5. The van der Waals surface area contributed by atoms with Crippen LogP contribution in [0.4, 0.5) is 4.39 Å². The number of hydrogen-bond donors (Lipinski definition) is 3. The molecule has 1 aliphatic heterocycles. The number of aromatic amines is 1. The van der Waals surface area contributed by atoms with Gasteiger partial charge in [-0.25, -0.2) is 9.37 Å². The average Bonchev–Trinajstić information content (AvgIpc) is 3.59. The van der Waals surface area contributed by atoms with Crippen LogP contribution in [0.5, 0.6) is 5.88 Å². The minimum atomic E-state index is -0.537. The van der Waals surface area contributed by atoms with Crippen molar-refractivity contribution < 1.29 is 18.4 Å². The Morgan fingerprint density at radius 2 is 2.17 bits per heavy atom. The van der Waals surface area contributed by atoms with Crippen molar-refractivity contribution in [1.29, 1.82) is 0 Å². The van der Waals surface area contributed by atoms with E-state index in [2.05, 4.69) is 36.0 Å². The topological polar surface area (TPSA) is 131 Å². The molecule has 0 bridgehead atoms. The summed E-state index contributed by atoms with van der Waals surface area (Å²) in [5, 5.41) is 17.5. The number of pyridine rings is 1. The molecule has 3 N–H and O–H groups in total. The zero-order valence-electron chi connectivity index (χ0n) is 19.7. The number of carbonyl (C=O) groups is 1. The molecule has 35 heavy (non-hydrogen) atoms. The van der Waals surface area contributed by atoms with E-state index in [4.69, 9.17) is 9.26 Å². The average molecular weight is 480 g/mol. The SMILES string of the molecule is CC(C)(C)c1nc(C(=O)NCc2ccc(-c3ccnc4[nH]nc(O[C@@H]5CCNC5)c34)cc2F)no1. The Morgan fingerprint density at radius 1 is 1.31 bits per heavy atom. The molecule has 4 heterocycles. The standard InChI is InChI=1S/C24H26FN7O3/c1-24(2,3)23-29-20(32-35-23)21(33)28-11-14-5-4-13(10-17(14)25)16-7-9-27-19-18(16)22(31-30-19)34-15-6-8-26-12-15/h4-5,7,9-10,15,26H,6,8,11-12H2,1-3H3,(H,28,33)(H,27,30,31)/t15-/m1/s1. The summed E-state index contributed by atoms with van der Waals surface area (Å²) in [5.41, 5.74) is 1.91. The van der Waals surface area contributed by atoms with E-state index in [9.17, 15) is 4.79 Å². The number of halogens is 1. The van der Waals surface area contributed by atoms with Crippen LogP contribution in [0.25, 0.3) is 22.2 Å². The molecule has 11 heteroatoms. The molecule has 0 radical (unpaired) electrons. The number of H-pyrrole nitrogens is 1. The van der Waals surface area contributed by atoms with E-state index in [-0.39, 0.29) is 23.9 Å². The zero-order valence-corrected chi connectivity index (χ0v) is 19.7. The molecule has 0 unspecified atom stereocenters. The van der Waals surface area contributed by atoms with Crippen molar-refractivity contribution in [2.24, 2.45) is 0 Å². The lowest BCUT2D eigenvalue weighted by Crippen LogP contribution is -2.24. The van der Waals surface area contributed by atoms with Crippen LogP contribution in [-0.4, -0.2) is 50.4 Å². The number of benzene rings is 1. The molecular formula is C24H26FN7O3. The fourth-order valence-corrected chi connectivity index (χ4v) is 3.87. The number of ether oxygens (including phenoxy) is 1. The molecule has 1 saturated heterocycles. The second-order valence-electron chi connectivity index (χ2n) is 9.51. The number of fused-ring (bicyclic) bond motifs is 1. The maximum Gasteiger partial charge on any atom is 0.292 e. The van der Waals surface area contributed by atoms with Gasteiger partial charge in [0.2, 0.25) is 11.8 Å². The van der Waals surface area contributed by atoms with Crippen molar-refractivity contribution >= 4 is 16.9 Å².